The first-order chi connectivity index (χ1) is 9.02. The monoisotopic (exact) mass is 269 g/mol. The van der Waals surface area contributed by atoms with Crippen LogP contribution in [0.15, 0.2) is 24.5 Å². The van der Waals surface area contributed by atoms with Crippen LogP contribution in [0.3, 0.4) is 0 Å². The molecule has 0 atom stereocenters. The minimum Gasteiger partial charge on any atom is -0.265 e. The lowest BCUT2D eigenvalue weighted by atomic mass is 10.1. The summed E-state index contributed by atoms with van der Waals surface area (Å²) < 4.78 is 65.1. The number of nitrogens with zero attached hydrogens (tertiary/aromatic N) is 1. The largest absolute Gasteiger partial charge is 0.265 e. The number of benzene rings is 1. The summed E-state index contributed by atoms with van der Waals surface area (Å²) in [5.41, 5.74) is -0.827. The van der Waals surface area contributed by atoms with Crippen LogP contribution >= 0.6 is 0 Å². The van der Waals surface area contributed by atoms with Crippen molar-refractivity contribution in [2.24, 2.45) is 0 Å². The molecule has 1 nitrogen and oxygen atoms in total. The number of halogens is 5. The molecule has 0 aliphatic carbocycles. The van der Waals surface area contributed by atoms with Crippen molar-refractivity contribution >= 4 is 0 Å². The smallest absolute Gasteiger partial charge is 0.200 e. The molecule has 0 aliphatic rings. The van der Waals surface area contributed by atoms with Crippen LogP contribution < -0.4 is 0 Å². The molecule has 0 saturated carbocycles. The molecule has 2 aromatic rings. The summed E-state index contributed by atoms with van der Waals surface area (Å²) in [6, 6.07) is 2.86. The standard InChI is InChI=1S/C13H4F5N/c14-9-8(2-1-7-3-5-19-6-4-7)10(15)12(17)13(18)11(9)16/h3-6H. The molecule has 0 bridgehead atoms. The summed E-state index contributed by atoms with van der Waals surface area (Å²) in [5, 5.41) is 0. The van der Waals surface area contributed by atoms with Crippen molar-refractivity contribution < 1.29 is 22.0 Å². The van der Waals surface area contributed by atoms with E-state index in [1.807, 2.05) is 5.92 Å². The third kappa shape index (κ3) is 2.40. The number of aromatic nitrogens is 1. The summed E-state index contributed by atoms with van der Waals surface area (Å²) in [5.74, 6) is -5.91. The molecule has 96 valence electrons. The first-order valence-electron chi connectivity index (χ1n) is 4.96. The zero-order valence-electron chi connectivity index (χ0n) is 9.15. The van der Waals surface area contributed by atoms with Crippen LogP contribution in [0.1, 0.15) is 11.1 Å². The summed E-state index contributed by atoms with van der Waals surface area (Å²) in [6.45, 7) is 0. The molecular weight excluding hydrogens is 265 g/mol. The first-order valence-corrected chi connectivity index (χ1v) is 4.96. The molecule has 1 heterocycles. The maximum Gasteiger partial charge on any atom is 0.200 e. The molecule has 0 fully saturated rings. The van der Waals surface area contributed by atoms with Gasteiger partial charge in [0.05, 0.1) is 0 Å². The van der Waals surface area contributed by atoms with Crippen molar-refractivity contribution in [3.63, 3.8) is 0 Å². The van der Waals surface area contributed by atoms with Crippen molar-refractivity contribution in [3.05, 3.63) is 64.7 Å². The van der Waals surface area contributed by atoms with Gasteiger partial charge in [-0.2, -0.15) is 0 Å². The predicted molar refractivity (Wildman–Crippen MR) is 56.4 cm³/mol. The highest BCUT2D eigenvalue weighted by atomic mass is 19.2. The van der Waals surface area contributed by atoms with E-state index in [0.717, 1.165) is 0 Å². The highest BCUT2D eigenvalue weighted by Gasteiger charge is 2.24. The van der Waals surface area contributed by atoms with Gasteiger partial charge in [0.15, 0.2) is 23.3 Å². The van der Waals surface area contributed by atoms with E-state index < -0.39 is 34.6 Å². The second kappa shape index (κ2) is 5.06. The van der Waals surface area contributed by atoms with E-state index in [0.29, 0.717) is 5.56 Å². The normalized spacial score (nSPS) is 9.95. The lowest BCUT2D eigenvalue weighted by Gasteiger charge is -2.02. The van der Waals surface area contributed by atoms with Crippen molar-refractivity contribution in [2.45, 2.75) is 0 Å². The van der Waals surface area contributed by atoms with Gasteiger partial charge in [-0.05, 0) is 12.1 Å². The Labute approximate surface area is 104 Å². The zero-order chi connectivity index (χ0) is 14.0. The van der Waals surface area contributed by atoms with Gasteiger partial charge in [0.25, 0.3) is 0 Å². The van der Waals surface area contributed by atoms with Crippen LogP contribution in [-0.2, 0) is 0 Å². The molecule has 6 heteroatoms. The number of pyridine rings is 1. The van der Waals surface area contributed by atoms with Gasteiger partial charge in [0.1, 0.15) is 5.56 Å². The number of hydrogen-bond donors (Lipinski definition) is 0. The van der Waals surface area contributed by atoms with E-state index in [9.17, 15) is 22.0 Å². The lowest BCUT2D eigenvalue weighted by molar-refractivity contribution is 0.376. The average molecular weight is 269 g/mol. The Morgan fingerprint density at radius 2 is 1.16 bits per heavy atom. The Bertz CT molecular complexity index is 657. The molecule has 2 rings (SSSR count). The van der Waals surface area contributed by atoms with E-state index >= 15 is 0 Å². The van der Waals surface area contributed by atoms with Crippen LogP contribution in [0.2, 0.25) is 0 Å². The minimum atomic E-state index is -2.20. The molecule has 19 heavy (non-hydrogen) atoms. The fourth-order valence-corrected chi connectivity index (χ4v) is 1.28. The van der Waals surface area contributed by atoms with E-state index in [2.05, 4.69) is 10.9 Å². The Kier molecular flexibility index (Phi) is 3.47. The minimum absolute atomic E-state index is 0.332. The van der Waals surface area contributed by atoms with Crippen molar-refractivity contribution in [1.82, 2.24) is 4.98 Å². The van der Waals surface area contributed by atoms with Gasteiger partial charge in [0, 0.05) is 18.0 Å². The molecule has 0 aliphatic heterocycles. The second-order valence-electron chi connectivity index (χ2n) is 3.43. The van der Waals surface area contributed by atoms with Crippen LogP contribution in [0.4, 0.5) is 22.0 Å². The lowest BCUT2D eigenvalue weighted by Crippen LogP contribution is -2.04. The van der Waals surface area contributed by atoms with E-state index in [1.54, 1.807) is 0 Å². The Morgan fingerprint density at radius 3 is 1.68 bits per heavy atom. The van der Waals surface area contributed by atoms with Crippen LogP contribution in [0.5, 0.6) is 0 Å². The predicted octanol–water partition coefficient (Wildman–Crippen LogP) is 3.18. The average Bonchev–Trinajstić information content (AvgIpc) is 2.44. The van der Waals surface area contributed by atoms with Crippen LogP contribution in [0, 0.1) is 40.9 Å². The van der Waals surface area contributed by atoms with Gasteiger partial charge in [-0.25, -0.2) is 22.0 Å². The van der Waals surface area contributed by atoms with Crippen LogP contribution in [0.25, 0.3) is 0 Å². The summed E-state index contributed by atoms with van der Waals surface area (Å²) in [6.07, 6.45) is 2.76. The molecule has 0 saturated heterocycles. The summed E-state index contributed by atoms with van der Waals surface area (Å²) >= 11 is 0. The Balaban J connectivity index is 2.57. The van der Waals surface area contributed by atoms with E-state index in [-0.39, 0.29) is 0 Å². The SMILES string of the molecule is Fc1c(F)c(F)c(C#Cc2ccncc2)c(F)c1F. The topological polar surface area (TPSA) is 12.9 Å². The maximum absolute atomic E-state index is 13.3. The first kappa shape index (κ1) is 13.0. The van der Waals surface area contributed by atoms with Gasteiger partial charge in [-0.3, -0.25) is 4.98 Å². The number of rotatable bonds is 0. The van der Waals surface area contributed by atoms with Gasteiger partial charge in [0.2, 0.25) is 5.82 Å². The third-order valence-corrected chi connectivity index (χ3v) is 2.22. The summed E-state index contributed by atoms with van der Waals surface area (Å²) in [4.78, 5) is 3.69. The quantitative estimate of drug-likeness (QED) is 0.310. The fraction of sp³-hybridized carbons (Fsp3) is 0. The van der Waals surface area contributed by atoms with Gasteiger partial charge < -0.3 is 0 Å². The molecule has 0 unspecified atom stereocenters. The van der Waals surface area contributed by atoms with Crippen LogP contribution in [-0.4, -0.2) is 4.98 Å². The van der Waals surface area contributed by atoms with Crippen molar-refractivity contribution in [1.29, 1.82) is 0 Å². The molecule has 0 radical (unpaired) electrons. The molecule has 1 aromatic carbocycles. The maximum atomic E-state index is 13.3. The Hall–Kier alpha value is -2.42. The van der Waals surface area contributed by atoms with Crippen molar-refractivity contribution in [3.8, 4) is 11.8 Å². The molecular formula is C13H4F5N. The third-order valence-electron chi connectivity index (χ3n) is 2.22. The molecule has 1 aromatic heterocycles. The van der Waals surface area contributed by atoms with Crippen molar-refractivity contribution in [2.75, 3.05) is 0 Å². The Morgan fingerprint density at radius 1 is 0.684 bits per heavy atom. The van der Waals surface area contributed by atoms with E-state index in [4.69, 9.17) is 0 Å². The highest BCUT2D eigenvalue weighted by molar-refractivity contribution is 5.44. The van der Waals surface area contributed by atoms with Gasteiger partial charge in [-0.1, -0.05) is 11.8 Å². The van der Waals surface area contributed by atoms with E-state index in [1.165, 1.54) is 24.5 Å². The fourth-order valence-electron chi connectivity index (χ4n) is 1.28. The van der Waals surface area contributed by atoms with Gasteiger partial charge >= 0.3 is 0 Å². The molecule has 0 N–H and O–H groups in total. The highest BCUT2D eigenvalue weighted by Crippen LogP contribution is 2.22. The second-order valence-corrected chi connectivity index (χ2v) is 3.43. The summed E-state index contributed by atoms with van der Waals surface area (Å²) in [7, 11) is 0. The molecule has 0 spiro atoms. The van der Waals surface area contributed by atoms with Gasteiger partial charge in [-0.15, -0.1) is 0 Å². The number of hydrogen-bond acceptors (Lipinski definition) is 1. The molecule has 0 amide bonds. The zero-order valence-corrected chi connectivity index (χ0v) is 9.15.